The van der Waals surface area contributed by atoms with Gasteiger partial charge in [-0.1, -0.05) is 6.07 Å². The van der Waals surface area contributed by atoms with Crippen molar-refractivity contribution in [3.63, 3.8) is 0 Å². The number of urea groups is 1. The Morgan fingerprint density at radius 1 is 1.24 bits per heavy atom. The third kappa shape index (κ3) is 5.43. The fourth-order valence-electron chi connectivity index (χ4n) is 1.89. The van der Waals surface area contributed by atoms with Crippen LogP contribution in [0.4, 0.5) is 10.5 Å². The Labute approximate surface area is 124 Å². The predicted octanol–water partition coefficient (Wildman–Crippen LogP) is 1.31. The number of hydrogen-bond donors (Lipinski definition) is 4. The molecular weight excluding hydrogens is 268 g/mol. The summed E-state index contributed by atoms with van der Waals surface area (Å²) in [6.07, 6.45) is 2.97. The van der Waals surface area contributed by atoms with Crippen LogP contribution in [-0.4, -0.2) is 38.1 Å². The molecule has 0 radical (unpaired) electrons. The molecule has 1 aliphatic carbocycles. The highest BCUT2D eigenvalue weighted by Crippen LogP contribution is 2.19. The molecule has 0 heterocycles. The summed E-state index contributed by atoms with van der Waals surface area (Å²) < 4.78 is 0. The first kappa shape index (κ1) is 15.3. The molecule has 3 amide bonds. The first-order valence-corrected chi connectivity index (χ1v) is 7.29. The Bertz CT molecular complexity index is 500. The molecule has 6 heteroatoms. The van der Waals surface area contributed by atoms with Gasteiger partial charge in [-0.15, -0.1) is 0 Å². The van der Waals surface area contributed by atoms with Gasteiger partial charge in [0.2, 0.25) is 0 Å². The Hall–Kier alpha value is -2.08. The van der Waals surface area contributed by atoms with Crippen LogP contribution in [0.25, 0.3) is 0 Å². The summed E-state index contributed by atoms with van der Waals surface area (Å²) in [6.45, 7) is 1.49. The molecule has 0 aliphatic heterocycles. The zero-order chi connectivity index (χ0) is 15.1. The van der Waals surface area contributed by atoms with E-state index in [-0.39, 0.29) is 11.9 Å². The van der Waals surface area contributed by atoms with E-state index >= 15 is 0 Å². The molecule has 1 fully saturated rings. The van der Waals surface area contributed by atoms with Crippen molar-refractivity contribution in [3.05, 3.63) is 29.8 Å². The fraction of sp³-hybridized carbons (Fsp3) is 0.467. The second-order valence-electron chi connectivity index (χ2n) is 5.17. The molecule has 114 valence electrons. The van der Waals surface area contributed by atoms with Crippen molar-refractivity contribution in [2.45, 2.75) is 25.3 Å². The van der Waals surface area contributed by atoms with Crippen LogP contribution in [-0.2, 0) is 0 Å². The molecule has 2 rings (SSSR count). The summed E-state index contributed by atoms with van der Waals surface area (Å²) in [4.78, 5) is 23.6. The van der Waals surface area contributed by atoms with Crippen LogP contribution in [0.3, 0.4) is 0 Å². The largest absolute Gasteiger partial charge is 0.352 e. The first-order chi connectivity index (χ1) is 10.2. The Morgan fingerprint density at radius 2 is 2.05 bits per heavy atom. The summed E-state index contributed by atoms with van der Waals surface area (Å²) >= 11 is 0. The van der Waals surface area contributed by atoms with E-state index < -0.39 is 0 Å². The van der Waals surface area contributed by atoms with Gasteiger partial charge >= 0.3 is 6.03 Å². The van der Waals surface area contributed by atoms with Crippen molar-refractivity contribution in [2.75, 3.05) is 25.5 Å². The molecule has 0 unspecified atom stereocenters. The molecule has 0 saturated heterocycles. The molecule has 0 spiro atoms. The number of amides is 3. The van der Waals surface area contributed by atoms with Gasteiger partial charge in [-0.3, -0.25) is 4.79 Å². The van der Waals surface area contributed by atoms with Crippen LogP contribution in [0, 0.1) is 0 Å². The number of anilines is 1. The van der Waals surface area contributed by atoms with Gasteiger partial charge in [-0.05, 0) is 51.1 Å². The lowest BCUT2D eigenvalue weighted by atomic mass is 10.2. The zero-order valence-electron chi connectivity index (χ0n) is 12.2. The van der Waals surface area contributed by atoms with E-state index in [1.54, 1.807) is 24.3 Å². The Morgan fingerprint density at radius 3 is 2.76 bits per heavy atom. The van der Waals surface area contributed by atoms with Crippen molar-refractivity contribution in [1.82, 2.24) is 16.0 Å². The van der Waals surface area contributed by atoms with Gasteiger partial charge in [0.25, 0.3) is 5.91 Å². The van der Waals surface area contributed by atoms with E-state index in [9.17, 15) is 9.59 Å². The zero-order valence-corrected chi connectivity index (χ0v) is 12.2. The van der Waals surface area contributed by atoms with Crippen molar-refractivity contribution in [1.29, 1.82) is 0 Å². The van der Waals surface area contributed by atoms with Gasteiger partial charge in [-0.25, -0.2) is 4.79 Å². The van der Waals surface area contributed by atoms with Crippen LogP contribution in [0.15, 0.2) is 24.3 Å². The van der Waals surface area contributed by atoms with Crippen LogP contribution >= 0.6 is 0 Å². The molecule has 0 atom stereocenters. The first-order valence-electron chi connectivity index (χ1n) is 7.29. The van der Waals surface area contributed by atoms with Crippen molar-refractivity contribution < 1.29 is 9.59 Å². The lowest BCUT2D eigenvalue weighted by molar-refractivity contribution is 0.0953. The molecule has 6 nitrogen and oxygen atoms in total. The number of carbonyl (C=O) groups is 2. The highest BCUT2D eigenvalue weighted by atomic mass is 16.2. The van der Waals surface area contributed by atoms with Crippen molar-refractivity contribution >= 4 is 17.6 Å². The summed E-state index contributed by atoms with van der Waals surface area (Å²) in [6, 6.07) is 7.03. The quantitative estimate of drug-likeness (QED) is 0.571. The molecule has 21 heavy (non-hydrogen) atoms. The van der Waals surface area contributed by atoms with Crippen LogP contribution in [0.5, 0.6) is 0 Å². The Balaban J connectivity index is 1.84. The maximum absolute atomic E-state index is 12.0. The van der Waals surface area contributed by atoms with E-state index in [2.05, 4.69) is 21.3 Å². The lowest BCUT2D eigenvalue weighted by Crippen LogP contribution is -2.30. The average molecular weight is 290 g/mol. The summed E-state index contributed by atoms with van der Waals surface area (Å²) in [5.41, 5.74) is 1.17. The van der Waals surface area contributed by atoms with E-state index in [1.807, 2.05) is 7.05 Å². The normalized spacial score (nSPS) is 13.6. The summed E-state index contributed by atoms with van der Waals surface area (Å²) in [7, 11) is 1.88. The standard InChI is InChI=1S/C15H22N4O2/c1-16-8-3-9-17-14(20)11-4-2-5-13(10-11)19-15(21)18-12-6-7-12/h2,4-5,10,12,16H,3,6-9H2,1H3,(H,17,20)(H2,18,19,21). The van der Waals surface area contributed by atoms with Crippen LogP contribution in [0.2, 0.25) is 0 Å². The molecule has 4 N–H and O–H groups in total. The SMILES string of the molecule is CNCCCNC(=O)c1cccc(NC(=O)NC2CC2)c1. The third-order valence-electron chi connectivity index (χ3n) is 3.18. The molecular formula is C15H22N4O2. The molecule has 1 aliphatic rings. The van der Waals surface area contributed by atoms with Gasteiger partial charge in [0.1, 0.15) is 0 Å². The monoisotopic (exact) mass is 290 g/mol. The number of hydrogen-bond acceptors (Lipinski definition) is 3. The molecule has 0 bridgehead atoms. The second kappa shape index (κ2) is 7.64. The summed E-state index contributed by atoms with van der Waals surface area (Å²) in [5.74, 6) is -0.127. The maximum atomic E-state index is 12.0. The number of carbonyl (C=O) groups excluding carboxylic acids is 2. The predicted molar refractivity (Wildman–Crippen MR) is 82.5 cm³/mol. The number of rotatable bonds is 7. The topological polar surface area (TPSA) is 82.3 Å². The maximum Gasteiger partial charge on any atom is 0.319 e. The van der Waals surface area contributed by atoms with Gasteiger partial charge < -0.3 is 21.3 Å². The van der Waals surface area contributed by atoms with E-state index in [4.69, 9.17) is 0 Å². The minimum absolute atomic E-state index is 0.127. The van der Waals surface area contributed by atoms with Gasteiger partial charge in [-0.2, -0.15) is 0 Å². The summed E-state index contributed by atoms with van der Waals surface area (Å²) in [5, 5.41) is 11.5. The van der Waals surface area contributed by atoms with Gasteiger partial charge in [0.15, 0.2) is 0 Å². The molecule has 1 saturated carbocycles. The highest BCUT2D eigenvalue weighted by molar-refractivity contribution is 5.96. The number of nitrogens with one attached hydrogen (secondary N) is 4. The van der Waals surface area contributed by atoms with Gasteiger partial charge in [0, 0.05) is 23.8 Å². The van der Waals surface area contributed by atoms with Gasteiger partial charge in [0.05, 0.1) is 0 Å². The second-order valence-corrected chi connectivity index (χ2v) is 5.17. The molecule has 0 aromatic heterocycles. The minimum Gasteiger partial charge on any atom is -0.352 e. The third-order valence-corrected chi connectivity index (χ3v) is 3.18. The van der Waals surface area contributed by atoms with E-state index in [0.29, 0.717) is 23.8 Å². The molecule has 1 aromatic rings. The van der Waals surface area contributed by atoms with E-state index in [1.165, 1.54) is 0 Å². The molecule has 1 aromatic carbocycles. The lowest BCUT2D eigenvalue weighted by Gasteiger charge is -2.09. The minimum atomic E-state index is -0.218. The van der Waals surface area contributed by atoms with Crippen LogP contribution < -0.4 is 21.3 Å². The fourth-order valence-corrected chi connectivity index (χ4v) is 1.89. The smallest absolute Gasteiger partial charge is 0.319 e. The highest BCUT2D eigenvalue weighted by Gasteiger charge is 2.23. The Kier molecular flexibility index (Phi) is 5.57. The van der Waals surface area contributed by atoms with Crippen molar-refractivity contribution in [2.24, 2.45) is 0 Å². The average Bonchev–Trinajstić information content (AvgIpc) is 3.27. The van der Waals surface area contributed by atoms with E-state index in [0.717, 1.165) is 25.8 Å². The number of benzene rings is 1. The van der Waals surface area contributed by atoms with Crippen LogP contribution in [0.1, 0.15) is 29.6 Å². The van der Waals surface area contributed by atoms with Crippen molar-refractivity contribution in [3.8, 4) is 0 Å².